The number of hydrogen-bond acceptors (Lipinski definition) is 5. The molecule has 7 nitrogen and oxygen atoms in total. The lowest BCUT2D eigenvalue weighted by atomic mass is 10.1. The Morgan fingerprint density at radius 3 is 2.57 bits per heavy atom. The number of rotatable bonds is 6. The summed E-state index contributed by atoms with van der Waals surface area (Å²) >= 11 is 0. The zero-order valence-corrected chi connectivity index (χ0v) is 17.6. The van der Waals surface area contributed by atoms with Gasteiger partial charge in [-0.2, -0.15) is 0 Å². The number of aryl methyl sites for hydroxylation is 2. The smallest absolute Gasteiger partial charge is 0.276 e. The van der Waals surface area contributed by atoms with Gasteiger partial charge in [-0.3, -0.25) is 20.4 Å². The second-order valence-corrected chi connectivity index (χ2v) is 7.32. The van der Waals surface area contributed by atoms with E-state index in [0.29, 0.717) is 17.1 Å². The highest BCUT2D eigenvalue weighted by Gasteiger charge is 2.21. The van der Waals surface area contributed by atoms with Crippen LogP contribution in [0.3, 0.4) is 0 Å². The molecule has 2 aromatic rings. The molecule has 1 aliphatic rings. The van der Waals surface area contributed by atoms with Crippen LogP contribution in [0.5, 0.6) is 17.2 Å². The molecule has 7 heteroatoms. The summed E-state index contributed by atoms with van der Waals surface area (Å²) in [4.78, 5) is 24.0. The molecule has 3 rings (SSSR count). The molecule has 1 unspecified atom stereocenters. The summed E-state index contributed by atoms with van der Waals surface area (Å²) in [5.74, 6) is 1.11. The van der Waals surface area contributed by atoms with Gasteiger partial charge in [-0.05, 0) is 62.2 Å². The predicted molar refractivity (Wildman–Crippen MR) is 114 cm³/mol. The van der Waals surface area contributed by atoms with Crippen LogP contribution < -0.4 is 25.1 Å². The van der Waals surface area contributed by atoms with E-state index < -0.39 is 11.8 Å². The maximum absolute atomic E-state index is 12.0. The summed E-state index contributed by atoms with van der Waals surface area (Å²) in [6.07, 6.45) is 3.87. The van der Waals surface area contributed by atoms with E-state index in [1.807, 2.05) is 51.1 Å². The van der Waals surface area contributed by atoms with E-state index in [0.717, 1.165) is 28.9 Å². The number of hydrazine groups is 1. The van der Waals surface area contributed by atoms with Crippen LogP contribution in [0, 0.1) is 13.8 Å². The van der Waals surface area contributed by atoms with Crippen LogP contribution in [-0.4, -0.2) is 31.6 Å². The van der Waals surface area contributed by atoms with Gasteiger partial charge in [-0.25, -0.2) is 0 Å². The average Bonchev–Trinajstić information content (AvgIpc) is 3.06. The first-order valence-electron chi connectivity index (χ1n) is 9.69. The van der Waals surface area contributed by atoms with Crippen molar-refractivity contribution in [3.8, 4) is 17.2 Å². The molecule has 0 saturated carbocycles. The Morgan fingerprint density at radius 1 is 1.13 bits per heavy atom. The van der Waals surface area contributed by atoms with Crippen molar-refractivity contribution in [2.45, 2.75) is 33.3 Å². The lowest BCUT2D eigenvalue weighted by Gasteiger charge is -2.09. The minimum absolute atomic E-state index is 0.119. The molecule has 0 aromatic heterocycles. The zero-order chi connectivity index (χ0) is 21.7. The quantitative estimate of drug-likeness (QED) is 0.565. The van der Waals surface area contributed by atoms with Gasteiger partial charge in [0, 0.05) is 23.6 Å². The first-order valence-corrected chi connectivity index (χ1v) is 9.69. The number of amides is 2. The fraction of sp³-hybridized carbons (Fsp3) is 0.304. The second kappa shape index (κ2) is 9.35. The lowest BCUT2D eigenvalue weighted by Crippen LogP contribution is -2.43. The number of benzene rings is 2. The highest BCUT2D eigenvalue weighted by molar-refractivity contribution is 5.93. The third-order valence-electron chi connectivity index (χ3n) is 4.55. The van der Waals surface area contributed by atoms with Gasteiger partial charge in [0.05, 0.1) is 7.11 Å². The van der Waals surface area contributed by atoms with Gasteiger partial charge in [0.1, 0.15) is 23.4 Å². The van der Waals surface area contributed by atoms with Crippen molar-refractivity contribution in [3.05, 3.63) is 58.7 Å². The molecular formula is C23H26N2O5. The number of fused-ring (bicyclic) bond motifs is 1. The Labute approximate surface area is 176 Å². The number of hydrogen-bond donors (Lipinski definition) is 2. The summed E-state index contributed by atoms with van der Waals surface area (Å²) in [7, 11) is 1.58. The minimum atomic E-state index is -0.480. The van der Waals surface area contributed by atoms with E-state index in [4.69, 9.17) is 14.2 Å². The summed E-state index contributed by atoms with van der Waals surface area (Å²) in [5.41, 5.74) is 8.54. The van der Waals surface area contributed by atoms with Gasteiger partial charge < -0.3 is 14.2 Å². The predicted octanol–water partition coefficient (Wildman–Crippen LogP) is 2.88. The molecule has 158 valence electrons. The van der Waals surface area contributed by atoms with Crippen molar-refractivity contribution in [2.24, 2.45) is 0 Å². The second-order valence-electron chi connectivity index (χ2n) is 7.32. The molecule has 30 heavy (non-hydrogen) atoms. The first-order chi connectivity index (χ1) is 14.3. The van der Waals surface area contributed by atoms with Crippen molar-refractivity contribution < 1.29 is 23.8 Å². The summed E-state index contributed by atoms with van der Waals surface area (Å²) in [6.45, 7) is 5.70. The number of carbonyl (C=O) groups excluding carboxylic acids is 2. The molecule has 1 aliphatic heterocycles. The third-order valence-corrected chi connectivity index (χ3v) is 4.55. The van der Waals surface area contributed by atoms with Crippen LogP contribution in [0.25, 0.3) is 6.08 Å². The summed E-state index contributed by atoms with van der Waals surface area (Å²) in [5, 5.41) is 0. The molecule has 0 fully saturated rings. The highest BCUT2D eigenvalue weighted by Crippen LogP contribution is 2.35. The Morgan fingerprint density at radius 2 is 1.87 bits per heavy atom. The third kappa shape index (κ3) is 5.53. The SMILES string of the molecule is COc1cc2c(cc1/C=C/C(=O)NNC(=O)COc1cc(C)cc(C)c1)OC(C)C2. The van der Waals surface area contributed by atoms with E-state index >= 15 is 0 Å². The maximum atomic E-state index is 12.0. The Bertz CT molecular complexity index is 964. The van der Waals surface area contributed by atoms with Crippen molar-refractivity contribution in [3.63, 3.8) is 0 Å². The molecule has 0 aliphatic carbocycles. The molecule has 0 spiro atoms. The van der Waals surface area contributed by atoms with E-state index in [9.17, 15) is 9.59 Å². The molecule has 0 bridgehead atoms. The van der Waals surface area contributed by atoms with Crippen molar-refractivity contribution in [2.75, 3.05) is 13.7 Å². The first kappa shape index (κ1) is 21.2. The van der Waals surface area contributed by atoms with Crippen LogP contribution in [-0.2, 0) is 16.0 Å². The fourth-order valence-corrected chi connectivity index (χ4v) is 3.30. The Balaban J connectivity index is 1.51. The van der Waals surface area contributed by atoms with Gasteiger partial charge in [0.2, 0.25) is 0 Å². The van der Waals surface area contributed by atoms with Crippen molar-refractivity contribution in [1.82, 2.24) is 10.9 Å². The molecule has 2 amide bonds. The molecule has 0 saturated heterocycles. The van der Waals surface area contributed by atoms with Gasteiger partial charge in [0.25, 0.3) is 11.8 Å². The minimum Gasteiger partial charge on any atom is -0.496 e. The van der Waals surface area contributed by atoms with Crippen LogP contribution in [0.1, 0.15) is 29.2 Å². The number of ether oxygens (including phenoxy) is 3. The van der Waals surface area contributed by atoms with Crippen LogP contribution in [0.2, 0.25) is 0 Å². The Hall–Kier alpha value is -3.48. The van der Waals surface area contributed by atoms with Gasteiger partial charge in [0.15, 0.2) is 6.61 Å². The van der Waals surface area contributed by atoms with Crippen molar-refractivity contribution in [1.29, 1.82) is 0 Å². The largest absolute Gasteiger partial charge is 0.496 e. The molecule has 1 heterocycles. The molecular weight excluding hydrogens is 384 g/mol. The number of carbonyl (C=O) groups is 2. The molecule has 0 radical (unpaired) electrons. The molecule has 2 aromatic carbocycles. The van der Waals surface area contributed by atoms with E-state index in [2.05, 4.69) is 10.9 Å². The average molecular weight is 410 g/mol. The Kier molecular flexibility index (Phi) is 6.61. The number of nitrogens with one attached hydrogen (secondary N) is 2. The monoisotopic (exact) mass is 410 g/mol. The zero-order valence-electron chi connectivity index (χ0n) is 17.6. The molecule has 1 atom stereocenters. The fourth-order valence-electron chi connectivity index (χ4n) is 3.30. The summed E-state index contributed by atoms with van der Waals surface area (Å²) < 4.78 is 16.6. The topological polar surface area (TPSA) is 85.9 Å². The van der Waals surface area contributed by atoms with Gasteiger partial charge >= 0.3 is 0 Å². The van der Waals surface area contributed by atoms with E-state index in [-0.39, 0.29) is 12.7 Å². The van der Waals surface area contributed by atoms with Crippen LogP contribution in [0.15, 0.2) is 36.4 Å². The van der Waals surface area contributed by atoms with Crippen LogP contribution >= 0.6 is 0 Å². The summed E-state index contributed by atoms with van der Waals surface area (Å²) in [6, 6.07) is 9.47. The van der Waals surface area contributed by atoms with Gasteiger partial charge in [-0.1, -0.05) is 6.07 Å². The highest BCUT2D eigenvalue weighted by atomic mass is 16.5. The van der Waals surface area contributed by atoms with Crippen LogP contribution in [0.4, 0.5) is 0 Å². The standard InChI is InChI=1S/C23H26N2O5/c1-14-7-15(2)9-19(8-14)29-13-23(27)25-24-22(26)6-5-17-11-21-18(10-16(3)30-21)12-20(17)28-4/h5-9,11-12,16H,10,13H2,1-4H3,(H,24,26)(H,25,27)/b6-5+. The lowest BCUT2D eigenvalue weighted by molar-refractivity contribution is -0.128. The van der Waals surface area contributed by atoms with Gasteiger partial charge in [-0.15, -0.1) is 0 Å². The van der Waals surface area contributed by atoms with E-state index in [1.165, 1.54) is 6.08 Å². The van der Waals surface area contributed by atoms with E-state index in [1.54, 1.807) is 13.2 Å². The number of methoxy groups -OCH3 is 1. The molecule has 2 N–H and O–H groups in total. The maximum Gasteiger partial charge on any atom is 0.276 e. The van der Waals surface area contributed by atoms with Crippen molar-refractivity contribution >= 4 is 17.9 Å². The normalized spacial score (nSPS) is 14.7.